The van der Waals surface area contributed by atoms with E-state index in [0.717, 1.165) is 6.07 Å². The molecule has 16 heavy (non-hydrogen) atoms. The molecule has 0 amide bonds. The van der Waals surface area contributed by atoms with Gasteiger partial charge in [0.2, 0.25) is 0 Å². The SMILES string of the molecule is C[C@@H](CN)NCc1ccccc1C(F)(F)F. The van der Waals surface area contributed by atoms with Gasteiger partial charge < -0.3 is 11.1 Å². The van der Waals surface area contributed by atoms with Crippen molar-refractivity contribution in [3.63, 3.8) is 0 Å². The Kier molecular flexibility index (Phi) is 4.32. The number of alkyl halides is 3. The van der Waals surface area contributed by atoms with Crippen molar-refractivity contribution in [2.75, 3.05) is 6.54 Å². The first-order valence-electron chi connectivity index (χ1n) is 5.03. The van der Waals surface area contributed by atoms with Gasteiger partial charge in [0, 0.05) is 19.1 Å². The van der Waals surface area contributed by atoms with Gasteiger partial charge >= 0.3 is 6.18 Å². The lowest BCUT2D eigenvalue weighted by Crippen LogP contribution is -2.33. The fourth-order valence-corrected chi connectivity index (χ4v) is 1.32. The fourth-order valence-electron chi connectivity index (χ4n) is 1.32. The second-order valence-electron chi connectivity index (χ2n) is 3.67. The molecule has 0 radical (unpaired) electrons. The molecule has 0 bridgehead atoms. The minimum absolute atomic E-state index is 0.00119. The van der Waals surface area contributed by atoms with Crippen molar-refractivity contribution < 1.29 is 13.2 Å². The molecule has 0 fully saturated rings. The van der Waals surface area contributed by atoms with Crippen LogP contribution in [0, 0.1) is 0 Å². The van der Waals surface area contributed by atoms with Crippen LogP contribution in [0.4, 0.5) is 13.2 Å². The van der Waals surface area contributed by atoms with Gasteiger partial charge in [-0.25, -0.2) is 0 Å². The molecular weight excluding hydrogens is 217 g/mol. The van der Waals surface area contributed by atoms with Crippen LogP contribution in [0.25, 0.3) is 0 Å². The quantitative estimate of drug-likeness (QED) is 0.834. The first-order valence-corrected chi connectivity index (χ1v) is 5.03. The van der Waals surface area contributed by atoms with Crippen LogP contribution in [-0.4, -0.2) is 12.6 Å². The van der Waals surface area contributed by atoms with Crippen molar-refractivity contribution in [1.82, 2.24) is 5.32 Å². The second-order valence-corrected chi connectivity index (χ2v) is 3.67. The van der Waals surface area contributed by atoms with Gasteiger partial charge in [-0.1, -0.05) is 18.2 Å². The van der Waals surface area contributed by atoms with Crippen LogP contribution in [-0.2, 0) is 12.7 Å². The van der Waals surface area contributed by atoms with E-state index in [1.165, 1.54) is 12.1 Å². The van der Waals surface area contributed by atoms with E-state index in [4.69, 9.17) is 5.73 Å². The van der Waals surface area contributed by atoms with Crippen LogP contribution in [0.1, 0.15) is 18.1 Å². The number of nitrogens with two attached hydrogens (primary N) is 1. The highest BCUT2D eigenvalue weighted by Crippen LogP contribution is 2.31. The minimum atomic E-state index is -4.30. The van der Waals surface area contributed by atoms with E-state index in [1.54, 1.807) is 6.07 Å². The van der Waals surface area contributed by atoms with Crippen LogP contribution in [0.5, 0.6) is 0 Å². The summed E-state index contributed by atoms with van der Waals surface area (Å²) >= 11 is 0. The van der Waals surface area contributed by atoms with Crippen LogP contribution in [0.15, 0.2) is 24.3 Å². The minimum Gasteiger partial charge on any atom is -0.329 e. The standard InChI is InChI=1S/C11H15F3N2/c1-8(6-15)16-7-9-4-2-3-5-10(9)11(12,13)14/h2-5,8,16H,6-7,15H2,1H3/t8-/m0/s1. The topological polar surface area (TPSA) is 38.0 Å². The fraction of sp³-hybridized carbons (Fsp3) is 0.455. The lowest BCUT2D eigenvalue weighted by molar-refractivity contribution is -0.138. The summed E-state index contributed by atoms with van der Waals surface area (Å²) in [4.78, 5) is 0. The summed E-state index contributed by atoms with van der Waals surface area (Å²) in [6.07, 6.45) is -4.30. The first kappa shape index (κ1) is 13.0. The van der Waals surface area contributed by atoms with Crippen LogP contribution in [0.3, 0.4) is 0 Å². The number of benzene rings is 1. The molecule has 0 saturated carbocycles. The number of nitrogens with one attached hydrogen (secondary N) is 1. The van der Waals surface area contributed by atoms with Gasteiger partial charge in [0.15, 0.2) is 0 Å². The molecule has 0 aromatic heterocycles. The number of hydrogen-bond donors (Lipinski definition) is 2. The van der Waals surface area contributed by atoms with Gasteiger partial charge in [-0.3, -0.25) is 0 Å². The van der Waals surface area contributed by atoms with Crippen molar-refractivity contribution in [1.29, 1.82) is 0 Å². The van der Waals surface area contributed by atoms with Crippen molar-refractivity contribution in [3.8, 4) is 0 Å². The average Bonchev–Trinajstić information content (AvgIpc) is 2.25. The molecule has 0 unspecified atom stereocenters. The summed E-state index contributed by atoms with van der Waals surface area (Å²) in [5.74, 6) is 0. The number of rotatable bonds is 4. The number of halogens is 3. The zero-order chi connectivity index (χ0) is 12.2. The zero-order valence-corrected chi connectivity index (χ0v) is 9.01. The van der Waals surface area contributed by atoms with E-state index < -0.39 is 11.7 Å². The summed E-state index contributed by atoms with van der Waals surface area (Å²) < 4.78 is 37.8. The van der Waals surface area contributed by atoms with Crippen molar-refractivity contribution in [2.24, 2.45) is 5.73 Å². The van der Waals surface area contributed by atoms with Crippen molar-refractivity contribution in [2.45, 2.75) is 25.7 Å². The van der Waals surface area contributed by atoms with Gasteiger partial charge in [-0.05, 0) is 18.6 Å². The summed E-state index contributed by atoms with van der Waals surface area (Å²) in [5.41, 5.74) is 5.03. The van der Waals surface area contributed by atoms with Crippen molar-refractivity contribution in [3.05, 3.63) is 35.4 Å². The maximum Gasteiger partial charge on any atom is 0.416 e. The molecule has 0 aliphatic rings. The Morgan fingerprint density at radius 1 is 1.31 bits per heavy atom. The van der Waals surface area contributed by atoms with Gasteiger partial charge in [-0.2, -0.15) is 13.2 Å². The van der Waals surface area contributed by atoms with Crippen LogP contribution >= 0.6 is 0 Å². The summed E-state index contributed by atoms with van der Waals surface area (Å²) in [6, 6.07) is 5.54. The molecule has 0 spiro atoms. The lowest BCUT2D eigenvalue weighted by Gasteiger charge is -2.15. The molecule has 1 aromatic carbocycles. The van der Waals surface area contributed by atoms with Crippen LogP contribution in [0.2, 0.25) is 0 Å². The third-order valence-electron chi connectivity index (χ3n) is 2.32. The predicted octanol–water partition coefficient (Wildman–Crippen LogP) is 2.14. The molecule has 0 saturated heterocycles. The molecule has 1 aromatic rings. The Labute approximate surface area is 92.6 Å². The van der Waals surface area contributed by atoms with E-state index in [1.807, 2.05) is 6.92 Å². The van der Waals surface area contributed by atoms with E-state index in [-0.39, 0.29) is 18.2 Å². The molecule has 1 atom stereocenters. The number of hydrogen-bond acceptors (Lipinski definition) is 2. The van der Waals surface area contributed by atoms with E-state index in [2.05, 4.69) is 5.32 Å². The molecule has 0 aliphatic carbocycles. The summed E-state index contributed by atoms with van der Waals surface area (Å²) in [7, 11) is 0. The Morgan fingerprint density at radius 3 is 2.50 bits per heavy atom. The maximum atomic E-state index is 12.6. The normalized spacial score (nSPS) is 13.8. The molecular formula is C11H15F3N2. The third-order valence-corrected chi connectivity index (χ3v) is 2.32. The Hall–Kier alpha value is -1.07. The Balaban J connectivity index is 2.80. The zero-order valence-electron chi connectivity index (χ0n) is 9.01. The van der Waals surface area contributed by atoms with Gasteiger partial charge in [0.05, 0.1) is 5.56 Å². The first-order chi connectivity index (χ1) is 7.45. The molecule has 5 heteroatoms. The van der Waals surface area contributed by atoms with Gasteiger partial charge in [-0.15, -0.1) is 0 Å². The molecule has 0 heterocycles. The predicted molar refractivity (Wildman–Crippen MR) is 56.8 cm³/mol. The molecule has 90 valence electrons. The highest BCUT2D eigenvalue weighted by atomic mass is 19.4. The summed E-state index contributed by atoms with van der Waals surface area (Å²) in [6.45, 7) is 2.40. The second kappa shape index (κ2) is 5.32. The van der Waals surface area contributed by atoms with Gasteiger partial charge in [0.25, 0.3) is 0 Å². The molecule has 3 N–H and O–H groups in total. The van der Waals surface area contributed by atoms with E-state index in [0.29, 0.717) is 6.54 Å². The highest BCUT2D eigenvalue weighted by molar-refractivity contribution is 5.29. The average molecular weight is 232 g/mol. The van der Waals surface area contributed by atoms with E-state index >= 15 is 0 Å². The molecule has 1 rings (SSSR count). The molecule has 0 aliphatic heterocycles. The Bertz CT molecular complexity index is 336. The monoisotopic (exact) mass is 232 g/mol. The maximum absolute atomic E-state index is 12.6. The largest absolute Gasteiger partial charge is 0.416 e. The van der Waals surface area contributed by atoms with Gasteiger partial charge in [0.1, 0.15) is 0 Å². The smallest absolute Gasteiger partial charge is 0.329 e. The third kappa shape index (κ3) is 3.50. The van der Waals surface area contributed by atoms with Crippen molar-refractivity contribution >= 4 is 0 Å². The van der Waals surface area contributed by atoms with E-state index in [9.17, 15) is 13.2 Å². The Morgan fingerprint density at radius 2 is 1.94 bits per heavy atom. The summed E-state index contributed by atoms with van der Waals surface area (Å²) in [5, 5.41) is 2.94. The van der Waals surface area contributed by atoms with Crippen LogP contribution < -0.4 is 11.1 Å². The highest BCUT2D eigenvalue weighted by Gasteiger charge is 2.32. The lowest BCUT2D eigenvalue weighted by atomic mass is 10.1. The molecule has 2 nitrogen and oxygen atoms in total.